The van der Waals surface area contributed by atoms with Crippen LogP contribution in [0.5, 0.6) is 0 Å². The molecule has 2 aromatic carbocycles. The molecule has 0 aromatic heterocycles. The smallest absolute Gasteiger partial charge is 0.166 e. The Labute approximate surface area is 198 Å². The van der Waals surface area contributed by atoms with Gasteiger partial charge in [0.05, 0.1) is 27.3 Å². The number of benzene rings is 2. The van der Waals surface area contributed by atoms with Crippen molar-refractivity contribution in [2.24, 2.45) is 23.7 Å². The first-order chi connectivity index (χ1) is 15.4. The lowest BCUT2D eigenvalue weighted by atomic mass is 10.0. The molecular formula is C26H30F6Si2. The molecular weight excluding hydrogens is 482 g/mol. The van der Waals surface area contributed by atoms with E-state index in [0.717, 1.165) is 11.1 Å². The van der Waals surface area contributed by atoms with Gasteiger partial charge in [-0.05, 0) is 69.1 Å². The molecule has 0 spiro atoms. The molecule has 0 radical (unpaired) electrons. The van der Waals surface area contributed by atoms with Gasteiger partial charge in [0.2, 0.25) is 0 Å². The molecule has 3 saturated carbocycles. The Bertz CT molecular complexity index is 1000. The summed E-state index contributed by atoms with van der Waals surface area (Å²) in [6.45, 7) is 13.8. The van der Waals surface area contributed by atoms with Crippen molar-refractivity contribution in [2.75, 3.05) is 0 Å². The van der Waals surface area contributed by atoms with Crippen molar-refractivity contribution in [3.8, 4) is 0 Å². The van der Waals surface area contributed by atoms with Crippen LogP contribution in [0.25, 0.3) is 0 Å². The number of fused-ring (bicyclic) bond motifs is 4. The van der Waals surface area contributed by atoms with Crippen LogP contribution in [0.2, 0.25) is 39.3 Å². The highest BCUT2D eigenvalue weighted by Crippen LogP contribution is 2.95. The van der Waals surface area contributed by atoms with Crippen LogP contribution in [0.15, 0.2) is 48.5 Å². The molecule has 0 N–H and O–H groups in total. The molecule has 0 nitrogen and oxygen atoms in total. The van der Waals surface area contributed by atoms with Crippen molar-refractivity contribution in [3.63, 3.8) is 0 Å². The minimum Gasteiger partial charge on any atom is -0.166 e. The molecule has 0 bridgehead atoms. The van der Waals surface area contributed by atoms with Gasteiger partial charge in [-0.25, -0.2) is 0 Å². The number of hydrogen-bond acceptors (Lipinski definition) is 0. The molecule has 5 rings (SSSR count). The molecule has 0 saturated heterocycles. The molecule has 0 atom stereocenters. The first kappa shape index (κ1) is 24.2. The van der Waals surface area contributed by atoms with E-state index < -0.39 is 39.6 Å². The zero-order valence-electron chi connectivity index (χ0n) is 20.2. The van der Waals surface area contributed by atoms with E-state index in [0.29, 0.717) is 23.7 Å². The molecule has 3 fully saturated rings. The molecule has 0 unspecified atom stereocenters. The highest BCUT2D eigenvalue weighted by Gasteiger charge is 2.97. The van der Waals surface area contributed by atoms with Crippen LogP contribution in [0.1, 0.15) is 22.3 Å². The van der Waals surface area contributed by atoms with Gasteiger partial charge in [0.1, 0.15) is 0 Å². The maximum atomic E-state index is 13.2. The monoisotopic (exact) mass is 512 g/mol. The summed E-state index contributed by atoms with van der Waals surface area (Å²) in [6, 6.07) is 11.6. The number of rotatable bonds is 4. The normalized spacial score (nSPS) is 34.7. The van der Waals surface area contributed by atoms with Gasteiger partial charge in [0.25, 0.3) is 0 Å². The van der Waals surface area contributed by atoms with Gasteiger partial charge in [-0.3, -0.25) is 0 Å². The van der Waals surface area contributed by atoms with Crippen molar-refractivity contribution in [1.29, 1.82) is 0 Å². The third kappa shape index (κ3) is 2.84. The van der Waals surface area contributed by atoms with Gasteiger partial charge in [-0.15, -0.1) is 0 Å². The standard InChI is InChI=1S/C26H30F6Si2/c1-33(2,3)23(15-7-11-17(12-8-15)25(27,28)29)19-20(23)22-21(19)24(22,34(4,5)6)16-9-13-18(14-10-16)26(30,31)32/h7-14,19-22H,1-6H3. The third-order valence-electron chi connectivity index (χ3n) is 9.29. The van der Waals surface area contributed by atoms with E-state index in [1.54, 1.807) is 24.3 Å². The first-order valence-corrected chi connectivity index (χ1v) is 18.8. The van der Waals surface area contributed by atoms with E-state index in [-0.39, 0.29) is 10.1 Å². The van der Waals surface area contributed by atoms with Crippen LogP contribution >= 0.6 is 0 Å². The maximum Gasteiger partial charge on any atom is 0.416 e. The van der Waals surface area contributed by atoms with Crippen LogP contribution in [0.4, 0.5) is 26.3 Å². The maximum absolute atomic E-state index is 13.2. The van der Waals surface area contributed by atoms with Crippen molar-refractivity contribution < 1.29 is 26.3 Å². The lowest BCUT2D eigenvalue weighted by Gasteiger charge is -2.37. The zero-order chi connectivity index (χ0) is 25.3. The predicted molar refractivity (Wildman–Crippen MR) is 127 cm³/mol. The van der Waals surface area contributed by atoms with Crippen LogP contribution in [-0.2, 0) is 22.4 Å². The van der Waals surface area contributed by atoms with E-state index in [2.05, 4.69) is 39.3 Å². The van der Waals surface area contributed by atoms with Gasteiger partial charge >= 0.3 is 12.4 Å². The topological polar surface area (TPSA) is 0 Å². The van der Waals surface area contributed by atoms with Crippen LogP contribution in [0, 0.1) is 23.7 Å². The average molecular weight is 513 g/mol. The fourth-order valence-electron chi connectivity index (χ4n) is 8.27. The minimum atomic E-state index is -4.36. The molecule has 3 aliphatic rings. The summed E-state index contributed by atoms with van der Waals surface area (Å²) in [6.07, 6.45) is -8.71. The zero-order valence-corrected chi connectivity index (χ0v) is 22.2. The summed E-state index contributed by atoms with van der Waals surface area (Å²) in [4.78, 5) is 0. The Morgan fingerprint density at radius 1 is 0.500 bits per heavy atom. The summed E-state index contributed by atoms with van der Waals surface area (Å²) >= 11 is 0. The van der Waals surface area contributed by atoms with Crippen LogP contribution in [0.3, 0.4) is 0 Å². The second kappa shape index (κ2) is 6.61. The second-order valence-corrected chi connectivity index (χ2v) is 23.1. The van der Waals surface area contributed by atoms with E-state index in [1.807, 2.05) is 0 Å². The largest absolute Gasteiger partial charge is 0.416 e. The van der Waals surface area contributed by atoms with E-state index in [1.165, 1.54) is 24.3 Å². The summed E-state index contributed by atoms with van der Waals surface area (Å²) < 4.78 is 79.0. The Kier molecular flexibility index (Phi) is 4.69. The van der Waals surface area contributed by atoms with Gasteiger partial charge in [-0.1, -0.05) is 63.5 Å². The van der Waals surface area contributed by atoms with Crippen molar-refractivity contribution in [1.82, 2.24) is 0 Å². The number of halogens is 6. The second-order valence-electron chi connectivity index (χ2n) is 12.5. The molecule has 34 heavy (non-hydrogen) atoms. The lowest BCUT2D eigenvalue weighted by Crippen LogP contribution is -2.46. The molecule has 0 heterocycles. The highest BCUT2D eigenvalue weighted by molar-refractivity contribution is 6.82. The number of hydrogen-bond donors (Lipinski definition) is 0. The Morgan fingerprint density at radius 2 is 0.735 bits per heavy atom. The molecule has 184 valence electrons. The van der Waals surface area contributed by atoms with Gasteiger partial charge < -0.3 is 0 Å². The average Bonchev–Trinajstić information content (AvgIpc) is 3.48. The summed E-state index contributed by atoms with van der Waals surface area (Å²) in [7, 11) is -3.65. The van der Waals surface area contributed by atoms with E-state index in [4.69, 9.17) is 0 Å². The Hall–Kier alpha value is -1.55. The summed E-state index contributed by atoms with van der Waals surface area (Å²) in [5.41, 5.74) is 0.806. The first-order valence-electron chi connectivity index (χ1n) is 11.8. The van der Waals surface area contributed by atoms with Gasteiger partial charge in [-0.2, -0.15) is 26.3 Å². The van der Waals surface area contributed by atoms with Crippen LogP contribution < -0.4 is 0 Å². The predicted octanol–water partition coefficient (Wildman–Crippen LogP) is 8.16. The molecule has 8 heteroatoms. The molecule has 0 aliphatic heterocycles. The minimum absolute atomic E-state index is 0.0540. The molecule has 0 amide bonds. The van der Waals surface area contributed by atoms with Crippen molar-refractivity contribution >= 4 is 16.1 Å². The summed E-state index contributed by atoms with van der Waals surface area (Å²) in [5, 5.41) is -0.108. The third-order valence-corrected chi connectivity index (χ3v) is 16.2. The summed E-state index contributed by atoms with van der Waals surface area (Å²) in [5.74, 6) is 1.65. The Balaban J connectivity index is 1.53. The molecule has 3 aliphatic carbocycles. The fraction of sp³-hybridized carbons (Fsp3) is 0.538. The van der Waals surface area contributed by atoms with Crippen molar-refractivity contribution in [3.05, 3.63) is 70.8 Å². The van der Waals surface area contributed by atoms with Gasteiger partial charge in [0, 0.05) is 0 Å². The molecule has 2 aromatic rings. The van der Waals surface area contributed by atoms with Crippen molar-refractivity contribution in [2.45, 2.75) is 61.7 Å². The van der Waals surface area contributed by atoms with Crippen LogP contribution in [-0.4, -0.2) is 16.1 Å². The fourth-order valence-corrected chi connectivity index (χ4v) is 15.6. The SMILES string of the molecule is C[Si](C)(C)C1(c2ccc(C(F)(F)F)cc2)C2C1C1C2C1(c1ccc(C(F)(F)F)cc1)[Si](C)(C)C. The van der Waals surface area contributed by atoms with E-state index in [9.17, 15) is 26.3 Å². The highest BCUT2D eigenvalue weighted by atomic mass is 28.3. The van der Waals surface area contributed by atoms with Gasteiger partial charge in [0.15, 0.2) is 0 Å². The number of alkyl halides is 6. The van der Waals surface area contributed by atoms with E-state index >= 15 is 0 Å². The Morgan fingerprint density at radius 3 is 0.912 bits per heavy atom. The lowest BCUT2D eigenvalue weighted by molar-refractivity contribution is -0.138. The quantitative estimate of drug-likeness (QED) is 0.286.